The van der Waals surface area contributed by atoms with Gasteiger partial charge in [0.1, 0.15) is 10.7 Å². The van der Waals surface area contributed by atoms with Gasteiger partial charge in [-0.05, 0) is 36.4 Å². The summed E-state index contributed by atoms with van der Waals surface area (Å²) in [5.41, 5.74) is 5.60. The van der Waals surface area contributed by atoms with Crippen molar-refractivity contribution in [3.05, 3.63) is 51.7 Å². The molecule has 20 heavy (non-hydrogen) atoms. The monoisotopic (exact) mass is 378 g/mol. The Morgan fingerprint density at radius 2 is 1.90 bits per heavy atom. The Balaban J connectivity index is 2.43. The van der Waals surface area contributed by atoms with Gasteiger partial charge in [-0.2, -0.15) is 0 Å². The molecule has 0 aliphatic heterocycles. The maximum absolute atomic E-state index is 13.7. The molecule has 0 spiro atoms. The van der Waals surface area contributed by atoms with Crippen molar-refractivity contribution in [3.63, 3.8) is 0 Å². The predicted molar refractivity (Wildman–Crippen MR) is 80.8 cm³/mol. The second-order valence-electron chi connectivity index (χ2n) is 3.92. The average molecular weight is 380 g/mol. The van der Waals surface area contributed by atoms with E-state index < -0.39 is 15.8 Å². The zero-order valence-electron chi connectivity index (χ0n) is 9.90. The normalized spacial score (nSPS) is 11.3. The van der Waals surface area contributed by atoms with Crippen LogP contribution >= 0.6 is 27.5 Å². The molecule has 0 atom stereocenters. The smallest absolute Gasteiger partial charge is 0.263 e. The van der Waals surface area contributed by atoms with Crippen molar-refractivity contribution in [2.45, 2.75) is 4.90 Å². The standard InChI is InChI=1S/C12H9BrClFN2O2S/c13-7-1-4-11(10(15)5-7)17-20(18,19)12-6-8(16)2-3-9(12)14/h1-6,17H,16H2. The fourth-order valence-electron chi connectivity index (χ4n) is 1.50. The van der Waals surface area contributed by atoms with E-state index in [2.05, 4.69) is 20.7 Å². The van der Waals surface area contributed by atoms with Gasteiger partial charge >= 0.3 is 0 Å². The number of hydrogen-bond acceptors (Lipinski definition) is 3. The number of rotatable bonds is 3. The summed E-state index contributed by atoms with van der Waals surface area (Å²) >= 11 is 8.92. The highest BCUT2D eigenvalue weighted by atomic mass is 79.9. The summed E-state index contributed by atoms with van der Waals surface area (Å²) < 4.78 is 40.7. The molecule has 0 fully saturated rings. The Labute approximate surface area is 128 Å². The fraction of sp³-hybridized carbons (Fsp3) is 0. The molecular formula is C12H9BrClFN2O2S. The number of benzene rings is 2. The van der Waals surface area contributed by atoms with E-state index in [0.717, 1.165) is 6.07 Å². The van der Waals surface area contributed by atoms with Gasteiger partial charge in [0.25, 0.3) is 10.0 Å². The van der Waals surface area contributed by atoms with Gasteiger partial charge in [0, 0.05) is 10.2 Å². The largest absolute Gasteiger partial charge is 0.399 e. The van der Waals surface area contributed by atoms with E-state index in [9.17, 15) is 12.8 Å². The minimum atomic E-state index is -4.02. The molecule has 0 unspecified atom stereocenters. The molecule has 106 valence electrons. The molecule has 0 saturated heterocycles. The van der Waals surface area contributed by atoms with Gasteiger partial charge in [-0.1, -0.05) is 27.5 Å². The first-order valence-electron chi connectivity index (χ1n) is 5.32. The molecule has 2 rings (SSSR count). The Morgan fingerprint density at radius 3 is 2.55 bits per heavy atom. The number of sulfonamides is 1. The van der Waals surface area contributed by atoms with Crippen molar-refractivity contribution in [1.82, 2.24) is 0 Å². The van der Waals surface area contributed by atoms with Crippen LogP contribution in [0.15, 0.2) is 45.8 Å². The van der Waals surface area contributed by atoms with E-state index >= 15 is 0 Å². The van der Waals surface area contributed by atoms with Crippen molar-refractivity contribution in [1.29, 1.82) is 0 Å². The first kappa shape index (κ1) is 15.1. The number of nitrogen functional groups attached to an aromatic ring is 1. The number of halogens is 3. The van der Waals surface area contributed by atoms with E-state index in [4.69, 9.17) is 17.3 Å². The zero-order chi connectivity index (χ0) is 14.9. The van der Waals surface area contributed by atoms with Crippen LogP contribution in [0.25, 0.3) is 0 Å². The van der Waals surface area contributed by atoms with Crippen molar-refractivity contribution < 1.29 is 12.8 Å². The minimum Gasteiger partial charge on any atom is -0.399 e. The Hall–Kier alpha value is -1.31. The average Bonchev–Trinajstić information content (AvgIpc) is 2.35. The maximum Gasteiger partial charge on any atom is 0.263 e. The summed E-state index contributed by atoms with van der Waals surface area (Å²) in [5, 5.41) is 0.00391. The molecule has 0 aliphatic carbocycles. The second-order valence-corrected chi connectivity index (χ2v) is 6.89. The number of nitrogens with two attached hydrogens (primary N) is 1. The van der Waals surface area contributed by atoms with Gasteiger partial charge in [-0.15, -0.1) is 0 Å². The van der Waals surface area contributed by atoms with Crippen LogP contribution in [0.3, 0.4) is 0 Å². The molecule has 0 heterocycles. The van der Waals surface area contributed by atoms with Crippen LogP contribution in [0.1, 0.15) is 0 Å². The highest BCUT2D eigenvalue weighted by Crippen LogP contribution is 2.27. The second kappa shape index (κ2) is 5.59. The van der Waals surface area contributed by atoms with Gasteiger partial charge in [-0.3, -0.25) is 4.72 Å². The Morgan fingerprint density at radius 1 is 1.20 bits per heavy atom. The lowest BCUT2D eigenvalue weighted by Gasteiger charge is -2.11. The molecule has 3 N–H and O–H groups in total. The van der Waals surface area contributed by atoms with Crippen molar-refractivity contribution in [2.75, 3.05) is 10.5 Å². The van der Waals surface area contributed by atoms with Crippen molar-refractivity contribution in [3.8, 4) is 0 Å². The number of nitrogens with one attached hydrogen (secondary N) is 1. The lowest BCUT2D eigenvalue weighted by Crippen LogP contribution is -2.14. The summed E-state index contributed by atoms with van der Waals surface area (Å²) in [6.45, 7) is 0. The van der Waals surface area contributed by atoms with E-state index in [1.807, 2.05) is 0 Å². The molecular weight excluding hydrogens is 371 g/mol. The Kier molecular flexibility index (Phi) is 4.22. The third-order valence-corrected chi connectivity index (χ3v) is 4.76. The highest BCUT2D eigenvalue weighted by molar-refractivity contribution is 9.10. The van der Waals surface area contributed by atoms with E-state index in [1.165, 1.54) is 30.3 Å². The van der Waals surface area contributed by atoms with E-state index in [-0.39, 0.29) is 21.3 Å². The predicted octanol–water partition coefficient (Wildman–Crippen LogP) is 3.62. The van der Waals surface area contributed by atoms with Crippen molar-refractivity contribution in [2.24, 2.45) is 0 Å². The zero-order valence-corrected chi connectivity index (χ0v) is 13.1. The van der Waals surface area contributed by atoms with Gasteiger partial charge in [-0.25, -0.2) is 12.8 Å². The minimum absolute atomic E-state index is 0.00391. The third-order valence-electron chi connectivity index (χ3n) is 2.42. The van der Waals surface area contributed by atoms with Crippen molar-refractivity contribution >= 4 is 48.9 Å². The molecule has 8 heteroatoms. The Bertz CT molecular complexity index is 768. The van der Waals surface area contributed by atoms with Gasteiger partial charge in [0.15, 0.2) is 0 Å². The van der Waals surface area contributed by atoms with Gasteiger partial charge in [0.05, 0.1) is 10.7 Å². The summed E-state index contributed by atoms with van der Waals surface area (Å²) in [4.78, 5) is -0.207. The topological polar surface area (TPSA) is 72.2 Å². The molecule has 2 aromatic rings. The lowest BCUT2D eigenvalue weighted by atomic mass is 10.3. The first-order valence-corrected chi connectivity index (χ1v) is 7.98. The van der Waals surface area contributed by atoms with Crippen LogP contribution in [0.4, 0.5) is 15.8 Å². The quantitative estimate of drug-likeness (QED) is 0.800. The van der Waals surface area contributed by atoms with Gasteiger partial charge in [0.2, 0.25) is 0 Å². The van der Waals surface area contributed by atoms with Crippen LogP contribution in [-0.2, 0) is 10.0 Å². The third kappa shape index (κ3) is 3.23. The summed E-state index contributed by atoms with van der Waals surface area (Å²) in [5.74, 6) is -0.706. The molecule has 0 bridgehead atoms. The SMILES string of the molecule is Nc1ccc(Cl)c(S(=O)(=O)Nc2ccc(Br)cc2F)c1. The summed E-state index contributed by atoms with van der Waals surface area (Å²) in [6, 6.07) is 8.02. The van der Waals surface area contributed by atoms with Crippen LogP contribution in [0.2, 0.25) is 5.02 Å². The molecule has 0 amide bonds. The van der Waals surface area contributed by atoms with E-state index in [1.54, 1.807) is 0 Å². The maximum atomic E-state index is 13.7. The lowest BCUT2D eigenvalue weighted by molar-refractivity contribution is 0.598. The fourth-order valence-corrected chi connectivity index (χ4v) is 3.43. The molecule has 0 radical (unpaired) electrons. The molecule has 0 saturated carbocycles. The number of hydrogen-bond donors (Lipinski definition) is 2. The van der Waals surface area contributed by atoms with Crippen LogP contribution in [0.5, 0.6) is 0 Å². The summed E-state index contributed by atoms with van der Waals surface area (Å²) in [7, 11) is -4.02. The molecule has 0 aliphatic rings. The van der Waals surface area contributed by atoms with Crippen LogP contribution in [0, 0.1) is 5.82 Å². The van der Waals surface area contributed by atoms with E-state index in [0.29, 0.717) is 4.47 Å². The van der Waals surface area contributed by atoms with Crippen LogP contribution < -0.4 is 10.5 Å². The number of anilines is 2. The summed E-state index contributed by atoms with van der Waals surface area (Å²) in [6.07, 6.45) is 0. The molecule has 0 aromatic heterocycles. The molecule has 2 aromatic carbocycles. The molecule has 4 nitrogen and oxygen atoms in total. The first-order chi connectivity index (χ1) is 9.29. The highest BCUT2D eigenvalue weighted by Gasteiger charge is 2.20. The van der Waals surface area contributed by atoms with Crippen LogP contribution in [-0.4, -0.2) is 8.42 Å². The van der Waals surface area contributed by atoms with Gasteiger partial charge < -0.3 is 5.73 Å².